The second kappa shape index (κ2) is 4.47. The Morgan fingerprint density at radius 3 is 3.07 bits per heavy atom. The molecule has 0 bridgehead atoms. The summed E-state index contributed by atoms with van der Waals surface area (Å²) >= 11 is 0. The molecule has 4 nitrogen and oxygen atoms in total. The van der Waals surface area contributed by atoms with Crippen LogP contribution in [-0.2, 0) is 11.3 Å². The van der Waals surface area contributed by atoms with Crippen LogP contribution in [0.15, 0.2) is 18.7 Å². The van der Waals surface area contributed by atoms with Gasteiger partial charge in [0.1, 0.15) is 0 Å². The van der Waals surface area contributed by atoms with Crippen molar-refractivity contribution < 1.29 is 4.79 Å². The van der Waals surface area contributed by atoms with Crippen molar-refractivity contribution >= 4 is 5.91 Å². The van der Waals surface area contributed by atoms with Crippen molar-refractivity contribution in [2.75, 3.05) is 6.54 Å². The summed E-state index contributed by atoms with van der Waals surface area (Å²) in [5, 5.41) is 2.96. The van der Waals surface area contributed by atoms with Crippen molar-refractivity contribution in [2.45, 2.75) is 26.3 Å². The number of aryl methyl sites for hydroxylation is 1. The van der Waals surface area contributed by atoms with E-state index in [9.17, 15) is 4.79 Å². The van der Waals surface area contributed by atoms with Crippen LogP contribution in [0.5, 0.6) is 0 Å². The van der Waals surface area contributed by atoms with Gasteiger partial charge in [0.2, 0.25) is 5.91 Å². The van der Waals surface area contributed by atoms with E-state index < -0.39 is 0 Å². The fourth-order valence-corrected chi connectivity index (χ4v) is 1.71. The maximum atomic E-state index is 11.4. The molecule has 1 aliphatic carbocycles. The Kier molecular flexibility index (Phi) is 3.04. The first-order valence-corrected chi connectivity index (χ1v) is 5.51. The van der Waals surface area contributed by atoms with E-state index >= 15 is 0 Å². The molecule has 2 atom stereocenters. The summed E-state index contributed by atoms with van der Waals surface area (Å²) in [6.07, 6.45) is 7.52. The van der Waals surface area contributed by atoms with E-state index in [0.717, 1.165) is 25.9 Å². The Morgan fingerprint density at radius 1 is 1.67 bits per heavy atom. The third kappa shape index (κ3) is 2.81. The first-order valence-electron chi connectivity index (χ1n) is 5.51. The van der Waals surface area contributed by atoms with E-state index in [0.29, 0.717) is 11.8 Å². The Labute approximate surface area is 89.7 Å². The van der Waals surface area contributed by atoms with E-state index in [2.05, 4.69) is 17.2 Å². The van der Waals surface area contributed by atoms with Gasteiger partial charge in [-0.2, -0.15) is 0 Å². The molecule has 1 amide bonds. The van der Waals surface area contributed by atoms with Crippen LogP contribution in [0.4, 0.5) is 0 Å². The number of hydrogen-bond acceptors (Lipinski definition) is 2. The molecule has 1 saturated carbocycles. The lowest BCUT2D eigenvalue weighted by Gasteiger charge is -2.04. The van der Waals surface area contributed by atoms with Crippen LogP contribution in [0.2, 0.25) is 0 Å². The van der Waals surface area contributed by atoms with Crippen LogP contribution in [-0.4, -0.2) is 22.0 Å². The van der Waals surface area contributed by atoms with E-state index in [1.54, 1.807) is 12.5 Å². The fraction of sp³-hybridized carbons (Fsp3) is 0.636. The zero-order valence-corrected chi connectivity index (χ0v) is 9.02. The van der Waals surface area contributed by atoms with Gasteiger partial charge < -0.3 is 9.88 Å². The van der Waals surface area contributed by atoms with E-state index in [1.807, 2.05) is 10.8 Å². The quantitative estimate of drug-likeness (QED) is 0.733. The maximum Gasteiger partial charge on any atom is 0.223 e. The average Bonchev–Trinajstić information content (AvgIpc) is 2.77. The minimum absolute atomic E-state index is 0.230. The molecule has 1 N–H and O–H groups in total. The largest absolute Gasteiger partial charge is 0.356 e. The summed E-state index contributed by atoms with van der Waals surface area (Å²) < 4.78 is 2.02. The number of aromatic nitrogens is 2. The molecular weight excluding hydrogens is 190 g/mol. The molecule has 2 rings (SSSR count). The van der Waals surface area contributed by atoms with Crippen LogP contribution in [0.1, 0.15) is 19.8 Å². The molecule has 15 heavy (non-hydrogen) atoms. The van der Waals surface area contributed by atoms with Crippen molar-refractivity contribution in [2.24, 2.45) is 11.8 Å². The van der Waals surface area contributed by atoms with Crippen LogP contribution in [0, 0.1) is 11.8 Å². The first-order chi connectivity index (χ1) is 7.27. The number of nitrogens with one attached hydrogen (secondary N) is 1. The third-order valence-electron chi connectivity index (χ3n) is 2.90. The SMILES string of the molecule is C[C@H]1C[C@@H]1C(=O)NCCCn1ccnc1. The molecule has 4 heteroatoms. The Balaban J connectivity index is 1.57. The Hall–Kier alpha value is -1.32. The second-order valence-electron chi connectivity index (χ2n) is 4.26. The van der Waals surface area contributed by atoms with Crippen LogP contribution >= 0.6 is 0 Å². The highest BCUT2D eigenvalue weighted by atomic mass is 16.2. The predicted molar refractivity (Wildman–Crippen MR) is 57.1 cm³/mol. The van der Waals surface area contributed by atoms with Gasteiger partial charge in [-0.1, -0.05) is 6.92 Å². The van der Waals surface area contributed by atoms with Gasteiger partial charge in [0.15, 0.2) is 0 Å². The number of imidazole rings is 1. The molecule has 0 saturated heterocycles. The molecule has 1 fully saturated rings. The molecule has 0 aromatic carbocycles. The lowest BCUT2D eigenvalue weighted by molar-refractivity contribution is -0.122. The molecule has 82 valence electrons. The summed E-state index contributed by atoms with van der Waals surface area (Å²) in [4.78, 5) is 15.4. The van der Waals surface area contributed by atoms with Crippen molar-refractivity contribution in [3.63, 3.8) is 0 Å². The third-order valence-corrected chi connectivity index (χ3v) is 2.90. The summed E-state index contributed by atoms with van der Waals surface area (Å²) in [6, 6.07) is 0. The van der Waals surface area contributed by atoms with E-state index in [4.69, 9.17) is 0 Å². The molecule has 0 aliphatic heterocycles. The Morgan fingerprint density at radius 2 is 2.47 bits per heavy atom. The maximum absolute atomic E-state index is 11.4. The number of carbonyl (C=O) groups excluding carboxylic acids is 1. The number of carbonyl (C=O) groups is 1. The summed E-state index contributed by atoms with van der Waals surface area (Å²) in [5.74, 6) is 1.12. The summed E-state index contributed by atoms with van der Waals surface area (Å²) in [6.45, 7) is 3.80. The lowest BCUT2D eigenvalue weighted by atomic mass is 10.3. The number of rotatable bonds is 5. The highest BCUT2D eigenvalue weighted by molar-refractivity contribution is 5.81. The summed E-state index contributed by atoms with van der Waals surface area (Å²) in [5.41, 5.74) is 0. The van der Waals surface area contributed by atoms with Gasteiger partial charge in [-0.25, -0.2) is 4.98 Å². The lowest BCUT2D eigenvalue weighted by Crippen LogP contribution is -2.27. The molecule has 1 aromatic rings. The monoisotopic (exact) mass is 207 g/mol. The number of hydrogen-bond donors (Lipinski definition) is 1. The first kappa shape index (κ1) is 10.2. The summed E-state index contributed by atoms with van der Waals surface area (Å²) in [7, 11) is 0. The highest BCUT2D eigenvalue weighted by Gasteiger charge is 2.38. The normalized spacial score (nSPS) is 23.8. The predicted octanol–water partition coefficient (Wildman–Crippen LogP) is 1.05. The molecule has 1 aromatic heterocycles. The smallest absolute Gasteiger partial charge is 0.223 e. The molecule has 1 aliphatic rings. The van der Waals surface area contributed by atoms with Crippen LogP contribution in [0.25, 0.3) is 0 Å². The highest BCUT2D eigenvalue weighted by Crippen LogP contribution is 2.37. The molecule has 0 radical (unpaired) electrons. The molecule has 0 spiro atoms. The molecule has 1 heterocycles. The van der Waals surface area contributed by atoms with Gasteiger partial charge >= 0.3 is 0 Å². The standard InChI is InChI=1S/C11H17N3O/c1-9-7-10(9)11(15)13-3-2-5-14-6-4-12-8-14/h4,6,8-10H,2-3,5,7H2,1H3,(H,13,15)/t9-,10-/m0/s1. The zero-order chi connectivity index (χ0) is 10.7. The van der Waals surface area contributed by atoms with Crippen molar-refractivity contribution in [3.8, 4) is 0 Å². The van der Waals surface area contributed by atoms with Crippen LogP contribution in [0.3, 0.4) is 0 Å². The van der Waals surface area contributed by atoms with E-state index in [-0.39, 0.29) is 5.91 Å². The number of amides is 1. The van der Waals surface area contributed by atoms with Gasteiger partial charge in [0.05, 0.1) is 6.33 Å². The van der Waals surface area contributed by atoms with Crippen molar-refractivity contribution in [3.05, 3.63) is 18.7 Å². The van der Waals surface area contributed by atoms with Gasteiger partial charge in [-0.15, -0.1) is 0 Å². The van der Waals surface area contributed by atoms with E-state index in [1.165, 1.54) is 0 Å². The molecule has 0 unspecified atom stereocenters. The van der Waals surface area contributed by atoms with Gasteiger partial charge in [-0.3, -0.25) is 4.79 Å². The van der Waals surface area contributed by atoms with Crippen molar-refractivity contribution in [1.29, 1.82) is 0 Å². The number of nitrogens with zero attached hydrogens (tertiary/aromatic N) is 2. The topological polar surface area (TPSA) is 46.9 Å². The van der Waals surface area contributed by atoms with Crippen molar-refractivity contribution in [1.82, 2.24) is 14.9 Å². The zero-order valence-electron chi connectivity index (χ0n) is 9.02. The average molecular weight is 207 g/mol. The molecular formula is C11H17N3O. The van der Waals surface area contributed by atoms with Gasteiger partial charge in [-0.05, 0) is 18.8 Å². The minimum atomic E-state index is 0.230. The van der Waals surface area contributed by atoms with Gasteiger partial charge in [0.25, 0.3) is 0 Å². The van der Waals surface area contributed by atoms with Gasteiger partial charge in [0, 0.05) is 31.4 Å². The van der Waals surface area contributed by atoms with Crippen LogP contribution < -0.4 is 5.32 Å². The fourth-order valence-electron chi connectivity index (χ4n) is 1.71. The second-order valence-corrected chi connectivity index (χ2v) is 4.26. The minimum Gasteiger partial charge on any atom is -0.356 e. The Bertz CT molecular complexity index is 321.